The van der Waals surface area contributed by atoms with Gasteiger partial charge in [0.05, 0.1) is 11.9 Å². The Morgan fingerprint density at radius 1 is 1.47 bits per heavy atom. The third kappa shape index (κ3) is 4.19. The number of anilines is 1. The zero-order valence-corrected chi connectivity index (χ0v) is 10.9. The first-order valence-electron chi connectivity index (χ1n) is 5.37. The van der Waals surface area contributed by atoms with Crippen LogP contribution in [0.2, 0.25) is 0 Å². The Bertz CT molecular complexity index is 427. The van der Waals surface area contributed by atoms with Gasteiger partial charge in [0, 0.05) is 44.3 Å². The molecule has 0 saturated carbocycles. The molecule has 0 amide bonds. The first-order chi connectivity index (χ1) is 8.16. The van der Waals surface area contributed by atoms with Gasteiger partial charge in [0.2, 0.25) is 10.0 Å². The van der Waals surface area contributed by atoms with Gasteiger partial charge in [0.1, 0.15) is 5.00 Å². The third-order valence-electron chi connectivity index (χ3n) is 2.50. The van der Waals surface area contributed by atoms with Crippen LogP contribution in [0.15, 0.2) is 6.20 Å². The minimum atomic E-state index is -3.29. The van der Waals surface area contributed by atoms with Crippen LogP contribution in [0.3, 0.4) is 0 Å². The summed E-state index contributed by atoms with van der Waals surface area (Å²) in [7, 11) is -3.29. The van der Waals surface area contributed by atoms with E-state index < -0.39 is 10.0 Å². The molecule has 0 bridgehead atoms. The minimum absolute atomic E-state index is 0.102. The number of piperazine rings is 1. The molecule has 1 aromatic heterocycles. The van der Waals surface area contributed by atoms with Crippen molar-refractivity contribution in [1.29, 1.82) is 0 Å². The molecule has 0 radical (unpaired) electrons. The lowest BCUT2D eigenvalue weighted by Crippen LogP contribution is -2.45. The van der Waals surface area contributed by atoms with Gasteiger partial charge in [0.15, 0.2) is 0 Å². The molecule has 1 aliphatic heterocycles. The minimum Gasteiger partial charge on any atom is -0.314 e. The maximum atomic E-state index is 11.7. The van der Waals surface area contributed by atoms with Gasteiger partial charge in [-0.05, 0) is 0 Å². The summed E-state index contributed by atoms with van der Waals surface area (Å²) in [5.74, 6) is 0.102. The van der Waals surface area contributed by atoms with E-state index in [0.29, 0.717) is 11.5 Å². The van der Waals surface area contributed by atoms with Crippen molar-refractivity contribution < 1.29 is 8.42 Å². The van der Waals surface area contributed by atoms with E-state index in [2.05, 4.69) is 24.5 Å². The van der Waals surface area contributed by atoms with Crippen LogP contribution in [0.5, 0.6) is 0 Å². The fourth-order valence-electron chi connectivity index (χ4n) is 1.60. The van der Waals surface area contributed by atoms with Crippen molar-refractivity contribution in [3.63, 3.8) is 0 Å². The lowest BCUT2D eigenvalue weighted by Gasteiger charge is -2.26. The quantitative estimate of drug-likeness (QED) is 0.731. The average molecular weight is 277 g/mol. The summed E-state index contributed by atoms with van der Waals surface area (Å²) >= 11 is 1.04. The molecule has 2 rings (SSSR count). The highest BCUT2D eigenvalue weighted by Gasteiger charge is 2.16. The summed E-state index contributed by atoms with van der Waals surface area (Å²) in [6.07, 6.45) is 1.41. The van der Waals surface area contributed by atoms with Crippen molar-refractivity contribution in [3.8, 4) is 0 Å². The summed E-state index contributed by atoms with van der Waals surface area (Å²) in [4.78, 5) is 2.14. The second-order valence-corrected chi connectivity index (χ2v) is 6.42. The molecular weight excluding hydrogens is 262 g/mol. The average Bonchev–Trinajstić information content (AvgIpc) is 2.80. The van der Waals surface area contributed by atoms with Crippen molar-refractivity contribution in [2.75, 3.05) is 43.2 Å². The highest BCUT2D eigenvalue weighted by molar-refractivity contribution is 7.92. The van der Waals surface area contributed by atoms with Crippen LogP contribution in [0.25, 0.3) is 0 Å². The van der Waals surface area contributed by atoms with Crippen LogP contribution in [0, 0.1) is 0 Å². The summed E-state index contributed by atoms with van der Waals surface area (Å²) in [5, 5.41) is 7.27. The van der Waals surface area contributed by atoms with Gasteiger partial charge in [0.25, 0.3) is 0 Å². The van der Waals surface area contributed by atoms with E-state index in [1.165, 1.54) is 6.20 Å². The van der Waals surface area contributed by atoms with Gasteiger partial charge in [-0.25, -0.2) is 8.42 Å². The van der Waals surface area contributed by atoms with Crippen LogP contribution in [-0.2, 0) is 10.0 Å². The van der Waals surface area contributed by atoms with Gasteiger partial charge < -0.3 is 5.32 Å². The molecule has 2 N–H and O–H groups in total. The second kappa shape index (κ2) is 5.71. The van der Waals surface area contributed by atoms with Crippen LogP contribution in [-0.4, -0.2) is 61.4 Å². The van der Waals surface area contributed by atoms with E-state index in [0.717, 1.165) is 37.7 Å². The number of sulfonamides is 1. The van der Waals surface area contributed by atoms with Gasteiger partial charge in [-0.15, -0.1) is 5.10 Å². The summed E-state index contributed by atoms with van der Waals surface area (Å²) in [6.45, 7) is 4.21. The second-order valence-electron chi connectivity index (χ2n) is 3.79. The van der Waals surface area contributed by atoms with Crippen molar-refractivity contribution >= 4 is 26.6 Å². The van der Waals surface area contributed by atoms with E-state index in [-0.39, 0.29) is 5.75 Å². The molecule has 0 aromatic carbocycles. The molecule has 96 valence electrons. The largest absolute Gasteiger partial charge is 0.314 e. The van der Waals surface area contributed by atoms with Crippen molar-refractivity contribution in [1.82, 2.24) is 19.8 Å². The maximum absolute atomic E-state index is 11.7. The van der Waals surface area contributed by atoms with Gasteiger partial charge in [-0.2, -0.15) is 0 Å². The fraction of sp³-hybridized carbons (Fsp3) is 0.750. The monoisotopic (exact) mass is 277 g/mol. The Morgan fingerprint density at radius 3 is 2.88 bits per heavy atom. The molecule has 1 aromatic rings. The molecular formula is C8H15N5O2S2. The predicted molar refractivity (Wildman–Crippen MR) is 66.6 cm³/mol. The van der Waals surface area contributed by atoms with Gasteiger partial charge in [-0.1, -0.05) is 4.49 Å². The molecule has 17 heavy (non-hydrogen) atoms. The third-order valence-corrected chi connectivity index (χ3v) is 4.46. The summed E-state index contributed by atoms with van der Waals surface area (Å²) < 4.78 is 29.5. The maximum Gasteiger partial charge on any atom is 0.234 e. The SMILES string of the molecule is O=S(=O)(CCN1CCNCC1)Nc1cnns1. The standard InChI is InChI=1S/C8H15N5O2S2/c14-17(15,11-8-7-10-12-16-8)6-5-13-3-1-9-2-4-13/h7,9,11H,1-6H2. The number of hydrogen-bond acceptors (Lipinski definition) is 7. The van der Waals surface area contributed by atoms with Crippen molar-refractivity contribution in [2.24, 2.45) is 0 Å². The molecule has 2 heterocycles. The Morgan fingerprint density at radius 2 is 2.24 bits per heavy atom. The molecule has 0 unspecified atom stereocenters. The van der Waals surface area contributed by atoms with Crippen molar-refractivity contribution in [3.05, 3.63) is 6.20 Å². The molecule has 1 aliphatic rings. The fourth-order valence-corrected chi connectivity index (χ4v) is 3.37. The zero-order chi connectivity index (χ0) is 12.1. The Labute approximate surface area is 104 Å². The predicted octanol–water partition coefficient (Wildman–Crippen LogP) is -0.815. The molecule has 1 fully saturated rings. The normalized spacial score (nSPS) is 18.1. The Balaban J connectivity index is 1.80. The van der Waals surface area contributed by atoms with Gasteiger partial charge >= 0.3 is 0 Å². The van der Waals surface area contributed by atoms with E-state index in [1.54, 1.807) is 0 Å². The van der Waals surface area contributed by atoms with Crippen molar-refractivity contribution in [2.45, 2.75) is 0 Å². The number of aromatic nitrogens is 2. The molecule has 0 aliphatic carbocycles. The van der Waals surface area contributed by atoms with E-state index >= 15 is 0 Å². The lowest BCUT2D eigenvalue weighted by atomic mass is 10.4. The summed E-state index contributed by atoms with van der Waals surface area (Å²) in [6, 6.07) is 0. The smallest absolute Gasteiger partial charge is 0.234 e. The molecule has 0 spiro atoms. The van der Waals surface area contributed by atoms with E-state index in [4.69, 9.17) is 0 Å². The zero-order valence-electron chi connectivity index (χ0n) is 9.29. The first kappa shape index (κ1) is 12.7. The van der Waals surface area contributed by atoms with Crippen LogP contribution >= 0.6 is 11.5 Å². The van der Waals surface area contributed by atoms with Crippen LogP contribution in [0.1, 0.15) is 0 Å². The summed E-state index contributed by atoms with van der Waals surface area (Å²) in [5.41, 5.74) is 0. The number of nitrogens with one attached hydrogen (secondary N) is 2. The molecule has 1 saturated heterocycles. The first-order valence-corrected chi connectivity index (χ1v) is 7.79. The van der Waals surface area contributed by atoms with Crippen LogP contribution in [0.4, 0.5) is 5.00 Å². The van der Waals surface area contributed by atoms with E-state index in [1.807, 2.05) is 0 Å². The topological polar surface area (TPSA) is 87.2 Å². The number of nitrogens with zero attached hydrogens (tertiary/aromatic N) is 3. The van der Waals surface area contributed by atoms with E-state index in [9.17, 15) is 8.42 Å². The lowest BCUT2D eigenvalue weighted by molar-refractivity contribution is 0.254. The Kier molecular flexibility index (Phi) is 4.26. The Hall–Kier alpha value is -0.770. The highest BCUT2D eigenvalue weighted by Crippen LogP contribution is 2.11. The molecule has 9 heteroatoms. The van der Waals surface area contributed by atoms with Gasteiger partial charge in [-0.3, -0.25) is 9.62 Å². The highest BCUT2D eigenvalue weighted by atomic mass is 32.2. The number of hydrogen-bond donors (Lipinski definition) is 2. The molecule has 0 atom stereocenters. The van der Waals surface area contributed by atoms with Crippen LogP contribution < -0.4 is 10.0 Å². The molecule has 7 nitrogen and oxygen atoms in total. The number of rotatable bonds is 5.